The largest absolute Gasteiger partial charge is 0.506 e. The normalized spacial score (nSPS) is 10.9. The maximum atomic E-state index is 14.4. The molecule has 0 unspecified atom stereocenters. The molecule has 0 fully saturated rings. The van der Waals surface area contributed by atoms with Gasteiger partial charge in [0.1, 0.15) is 28.6 Å². The van der Waals surface area contributed by atoms with Crippen LogP contribution in [0.4, 0.5) is 22.0 Å². The van der Waals surface area contributed by atoms with E-state index in [1.54, 1.807) is 97.1 Å². The number of hydrogen-bond acceptors (Lipinski definition) is 12. The number of tetrazole rings is 3. The zero-order valence-electron chi connectivity index (χ0n) is 35.1. The zero-order valence-corrected chi connectivity index (χ0v) is 39.4. The van der Waals surface area contributed by atoms with Gasteiger partial charge in [-0.15, -0.1) is 15.3 Å². The number of phenolic OH excluding ortho intramolecular Hbond substituents is 1. The molecule has 1 N–H and O–H groups in total. The van der Waals surface area contributed by atoms with Gasteiger partial charge in [-0.3, -0.25) is 0 Å². The van der Waals surface area contributed by atoms with E-state index in [1.165, 1.54) is 32.2 Å². The number of nitrogens with zero attached hydrogens (tertiary/aromatic N) is 12. The fourth-order valence-electron chi connectivity index (χ4n) is 6.73. The summed E-state index contributed by atoms with van der Waals surface area (Å²) in [6, 6.07) is 48.2. The van der Waals surface area contributed by atoms with E-state index < -0.39 is 19.0 Å². The molecule has 0 aliphatic rings. The lowest BCUT2D eigenvalue weighted by atomic mass is 9.98. The Labute approximate surface area is 415 Å². The quantitative estimate of drug-likeness (QED) is 0.0962. The molecule has 0 spiro atoms. The van der Waals surface area contributed by atoms with Crippen molar-refractivity contribution in [1.82, 2.24) is 60.6 Å². The molecule has 15 nitrogen and oxygen atoms in total. The van der Waals surface area contributed by atoms with Gasteiger partial charge in [0, 0.05) is 29.4 Å². The Bertz CT molecular complexity index is 3260. The molecule has 0 bridgehead atoms. The number of para-hydroxylation sites is 6. The minimum Gasteiger partial charge on any atom is -0.506 e. The summed E-state index contributed by atoms with van der Waals surface area (Å²) in [5, 5.41) is 44.8. The van der Waals surface area contributed by atoms with Gasteiger partial charge in [-0.1, -0.05) is 115 Å². The first-order valence-corrected chi connectivity index (χ1v) is 22.3. The Morgan fingerprint density at radius 1 is 0.406 bits per heavy atom. The van der Waals surface area contributed by atoms with E-state index in [0.717, 1.165) is 18.3 Å². The Hall–Kier alpha value is -7.74. The summed E-state index contributed by atoms with van der Waals surface area (Å²) in [6.45, 7) is -5.91. The van der Waals surface area contributed by atoms with E-state index in [-0.39, 0.29) is 28.8 Å². The minimum absolute atomic E-state index is 0.0111. The summed E-state index contributed by atoms with van der Waals surface area (Å²) in [7, 11) is 0. The number of aromatic hydroxyl groups is 1. The Morgan fingerprint density at radius 2 is 0.754 bits per heavy atom. The third-order valence-corrected chi connectivity index (χ3v) is 11.6. The number of rotatable bonds is 11. The predicted octanol–water partition coefficient (Wildman–Crippen LogP) is 10.9. The van der Waals surface area contributed by atoms with Crippen molar-refractivity contribution in [3.05, 3.63) is 183 Å². The van der Waals surface area contributed by atoms with Crippen molar-refractivity contribution in [3.8, 4) is 79.6 Å². The molecule has 0 aliphatic carbocycles. The van der Waals surface area contributed by atoms with Crippen LogP contribution in [0.3, 0.4) is 0 Å². The highest BCUT2D eigenvalue weighted by atomic mass is 127. The van der Waals surface area contributed by atoms with Crippen LogP contribution < -0.4 is 9.47 Å². The number of aromatic nitrogens is 12. The second-order valence-corrected chi connectivity index (χ2v) is 16.2. The first kappa shape index (κ1) is 47.7. The van der Waals surface area contributed by atoms with Crippen LogP contribution in [0.15, 0.2) is 170 Å². The number of ether oxygens (including phenoxy) is 2. The lowest BCUT2D eigenvalue weighted by molar-refractivity contribution is -0.0505. The van der Waals surface area contributed by atoms with Crippen molar-refractivity contribution >= 4 is 45.2 Å². The SMILES string of the molecule is FC(F)Oc1ccccc1-n1nnnc1-c1ccccc1I.Fc1ccccc1-c1ccccc1-c1nnnn1-c1ccccc1OC(F)F.Oc1ccccc1-n1nnnc1-c1ccccc1I. The van der Waals surface area contributed by atoms with Crippen molar-refractivity contribution in [3.63, 3.8) is 0 Å². The summed E-state index contributed by atoms with van der Waals surface area (Å²) >= 11 is 4.40. The van der Waals surface area contributed by atoms with Gasteiger partial charge in [0.15, 0.2) is 29.0 Å². The van der Waals surface area contributed by atoms with E-state index in [0.29, 0.717) is 39.7 Å². The predicted molar refractivity (Wildman–Crippen MR) is 260 cm³/mol. The van der Waals surface area contributed by atoms with Crippen molar-refractivity contribution in [2.75, 3.05) is 0 Å². The lowest BCUT2D eigenvalue weighted by Gasteiger charge is -2.13. The fourth-order valence-corrected chi connectivity index (χ4v) is 7.99. The van der Waals surface area contributed by atoms with Crippen LogP contribution in [0.25, 0.3) is 62.4 Å². The highest BCUT2D eigenvalue weighted by Gasteiger charge is 2.21. The van der Waals surface area contributed by atoms with Gasteiger partial charge >= 0.3 is 13.2 Å². The third-order valence-electron chi connectivity index (χ3n) is 9.70. The van der Waals surface area contributed by atoms with E-state index in [2.05, 4.69) is 101 Å². The zero-order chi connectivity index (χ0) is 48.3. The molecule has 7 aromatic carbocycles. The molecule has 0 amide bonds. The van der Waals surface area contributed by atoms with Crippen LogP contribution >= 0.6 is 45.2 Å². The molecule has 3 heterocycles. The summed E-state index contributed by atoms with van der Waals surface area (Å²) in [5.41, 5.74) is 4.38. The van der Waals surface area contributed by atoms with Gasteiger partial charge in [-0.05, 0) is 137 Å². The molecule has 0 saturated carbocycles. The van der Waals surface area contributed by atoms with Crippen molar-refractivity contribution in [2.45, 2.75) is 13.2 Å². The molecule has 0 radical (unpaired) electrons. The van der Waals surface area contributed by atoms with Crippen LogP contribution in [0.1, 0.15) is 0 Å². The standard InChI is InChI=1S/C20H13F3N4O.C14H9F2IN4O.C13H9IN4O/c21-16-10-4-3-8-14(16)13-7-1-2-9-15(13)19-24-25-26-27(19)17-11-5-6-12-18(17)28-20(22)23;15-14(16)22-12-8-4-3-7-11(12)21-13(18-19-20-21)9-5-1-2-6-10(9)17;14-10-6-2-1-5-9(10)13-15-16-17-18(13)11-7-3-4-8-12(11)19/h1-12,20H;1-8,14H;1-8,19H. The average molecular weight is 1160 g/mol. The average Bonchev–Trinajstić information content (AvgIpc) is 4.16. The highest BCUT2D eigenvalue weighted by molar-refractivity contribution is 14.1. The molecule has 0 saturated heterocycles. The van der Waals surface area contributed by atoms with Gasteiger partial charge in [-0.25, -0.2) is 4.39 Å². The molecule has 0 atom stereocenters. The number of phenols is 1. The second-order valence-electron chi connectivity index (χ2n) is 13.9. The smallest absolute Gasteiger partial charge is 0.387 e. The molecule has 69 heavy (non-hydrogen) atoms. The van der Waals surface area contributed by atoms with Gasteiger partial charge in [0.2, 0.25) is 0 Å². The molecule has 0 aliphatic heterocycles. The maximum absolute atomic E-state index is 14.4. The van der Waals surface area contributed by atoms with Crippen LogP contribution in [0.2, 0.25) is 0 Å². The molecule has 22 heteroatoms. The highest BCUT2D eigenvalue weighted by Crippen LogP contribution is 2.35. The van der Waals surface area contributed by atoms with Crippen LogP contribution in [-0.2, 0) is 0 Å². The summed E-state index contributed by atoms with van der Waals surface area (Å²) in [4.78, 5) is 0. The molecular formula is C47H31F5I2N12O3. The van der Waals surface area contributed by atoms with Crippen molar-refractivity contribution in [1.29, 1.82) is 0 Å². The second kappa shape index (κ2) is 22.4. The van der Waals surface area contributed by atoms with Gasteiger partial charge in [0.05, 0.1) is 0 Å². The fraction of sp³-hybridized carbons (Fsp3) is 0.0426. The number of hydrogen-bond donors (Lipinski definition) is 1. The van der Waals surface area contributed by atoms with E-state index in [4.69, 9.17) is 0 Å². The van der Waals surface area contributed by atoms with Crippen LogP contribution in [0.5, 0.6) is 17.2 Å². The van der Waals surface area contributed by atoms with Gasteiger partial charge < -0.3 is 14.6 Å². The minimum atomic E-state index is -2.99. The molecule has 10 rings (SSSR count). The molecule has 10 aromatic rings. The number of halogens is 7. The number of alkyl halides is 4. The van der Waals surface area contributed by atoms with Crippen molar-refractivity contribution in [2.24, 2.45) is 0 Å². The summed E-state index contributed by atoms with van der Waals surface area (Å²) in [5.74, 6) is 1.01. The van der Waals surface area contributed by atoms with Crippen LogP contribution in [-0.4, -0.2) is 79.0 Å². The third kappa shape index (κ3) is 11.2. The summed E-state index contributed by atoms with van der Waals surface area (Å²) in [6.07, 6.45) is 0. The molecule has 3 aromatic heterocycles. The number of benzene rings is 7. The van der Waals surface area contributed by atoms with E-state index in [1.807, 2.05) is 54.6 Å². The summed E-state index contributed by atoms with van der Waals surface area (Å²) < 4.78 is 80.3. The topological polar surface area (TPSA) is 169 Å². The first-order chi connectivity index (χ1) is 33.6. The van der Waals surface area contributed by atoms with E-state index >= 15 is 0 Å². The Morgan fingerprint density at radius 3 is 1.20 bits per heavy atom. The maximum Gasteiger partial charge on any atom is 0.387 e. The van der Waals surface area contributed by atoms with Gasteiger partial charge in [0.25, 0.3) is 0 Å². The Kier molecular flexibility index (Phi) is 15.5. The molecular weight excluding hydrogens is 1130 g/mol. The monoisotopic (exact) mass is 1160 g/mol. The van der Waals surface area contributed by atoms with E-state index in [9.17, 15) is 27.1 Å². The van der Waals surface area contributed by atoms with Gasteiger partial charge in [-0.2, -0.15) is 31.6 Å². The van der Waals surface area contributed by atoms with Crippen molar-refractivity contribution < 1.29 is 36.5 Å². The lowest BCUT2D eigenvalue weighted by Crippen LogP contribution is -2.08. The molecule has 346 valence electrons. The first-order valence-electron chi connectivity index (χ1n) is 20.1. The van der Waals surface area contributed by atoms with Crippen LogP contribution in [0, 0.1) is 13.0 Å². The Balaban J connectivity index is 0.000000142.